The number of benzene rings is 2. The second kappa shape index (κ2) is 10.1. The molecule has 0 spiro atoms. The molecule has 0 fully saturated rings. The molecule has 10 heteroatoms. The van der Waals surface area contributed by atoms with E-state index in [4.69, 9.17) is 23.8 Å². The van der Waals surface area contributed by atoms with Crippen LogP contribution in [-0.4, -0.2) is 51.3 Å². The van der Waals surface area contributed by atoms with Crippen molar-refractivity contribution in [3.05, 3.63) is 59.8 Å². The molecule has 1 unspecified atom stereocenters. The van der Waals surface area contributed by atoms with Gasteiger partial charge in [-0.1, -0.05) is 65.8 Å². The van der Waals surface area contributed by atoms with Crippen molar-refractivity contribution in [1.29, 1.82) is 0 Å². The van der Waals surface area contributed by atoms with Crippen molar-refractivity contribution < 1.29 is 13.6 Å². The number of hydroxylamine groups is 2. The minimum atomic E-state index is -3.29. The van der Waals surface area contributed by atoms with Gasteiger partial charge in [0, 0.05) is 41.7 Å². The monoisotopic (exact) mass is 505 g/mol. The van der Waals surface area contributed by atoms with Crippen LogP contribution in [0, 0.1) is 12.0 Å². The van der Waals surface area contributed by atoms with Gasteiger partial charge in [-0.05, 0) is 36.8 Å². The Kier molecular flexibility index (Phi) is 7.64. The molecule has 1 aromatic heterocycles. The number of aromatic nitrogens is 2. The topological polar surface area (TPSA) is 75.4 Å². The maximum Gasteiger partial charge on any atom is 0.175 e. The van der Waals surface area contributed by atoms with Crippen molar-refractivity contribution >= 4 is 49.7 Å². The van der Waals surface area contributed by atoms with Gasteiger partial charge in [0.05, 0.1) is 10.1 Å². The summed E-state index contributed by atoms with van der Waals surface area (Å²) in [5, 5.41) is 15.3. The van der Waals surface area contributed by atoms with Crippen LogP contribution in [0.3, 0.4) is 0 Å². The molecule has 0 aliphatic carbocycles. The molecule has 32 heavy (non-hydrogen) atoms. The summed E-state index contributed by atoms with van der Waals surface area (Å²) < 4.78 is 25.4. The number of halogens is 1. The molecule has 3 aromatic rings. The number of rotatable bonds is 4. The van der Waals surface area contributed by atoms with Gasteiger partial charge >= 0.3 is 0 Å². The molecule has 0 radical (unpaired) electrons. The molecule has 3 rings (SSSR count). The number of hydrogen-bond donors (Lipinski definition) is 1. The van der Waals surface area contributed by atoms with Gasteiger partial charge in [0.2, 0.25) is 0 Å². The van der Waals surface area contributed by atoms with Crippen LogP contribution in [0.25, 0.3) is 22.4 Å². The van der Waals surface area contributed by atoms with Crippen LogP contribution in [0.1, 0.15) is 6.92 Å². The first-order valence-corrected chi connectivity index (χ1v) is 12.9. The molecular weight excluding hydrogens is 486 g/mol. The average molecular weight is 506 g/mol. The smallest absolute Gasteiger partial charge is 0.175 e. The molecule has 166 valence electrons. The first-order chi connectivity index (χ1) is 15.0. The number of thiocarbonyl (C=S) groups is 1. The largest absolute Gasteiger partial charge is 0.287 e. The van der Waals surface area contributed by atoms with Crippen molar-refractivity contribution in [2.75, 3.05) is 13.3 Å². The average Bonchev–Trinajstić information content (AvgIpc) is 3.16. The third-order valence-electron chi connectivity index (χ3n) is 4.35. The summed E-state index contributed by atoms with van der Waals surface area (Å²) >= 11 is 12.4. The summed E-state index contributed by atoms with van der Waals surface area (Å²) in [5.74, 6) is 3.05. The minimum Gasteiger partial charge on any atom is -0.287 e. The van der Waals surface area contributed by atoms with Gasteiger partial charge < -0.3 is 0 Å². The number of thioether (sulfide) groups is 1. The lowest BCUT2D eigenvalue weighted by Gasteiger charge is -2.11. The van der Waals surface area contributed by atoms with Crippen LogP contribution >= 0.6 is 35.6 Å². The third-order valence-corrected chi connectivity index (χ3v) is 7.22. The van der Waals surface area contributed by atoms with E-state index < -0.39 is 9.84 Å². The maximum atomic E-state index is 11.8. The second-order valence-electron chi connectivity index (χ2n) is 6.95. The zero-order valence-electron chi connectivity index (χ0n) is 17.5. The summed E-state index contributed by atoms with van der Waals surface area (Å²) in [4.78, 5) is 0.240. The lowest BCUT2D eigenvalue weighted by molar-refractivity contribution is 0.0205. The van der Waals surface area contributed by atoms with Crippen LogP contribution in [-0.2, 0) is 9.84 Å². The van der Waals surface area contributed by atoms with Crippen LogP contribution in [0.4, 0.5) is 0 Å². The first kappa shape index (κ1) is 24.3. The Morgan fingerprint density at radius 1 is 1.19 bits per heavy atom. The van der Waals surface area contributed by atoms with Gasteiger partial charge in [0.15, 0.2) is 14.2 Å². The Balaban J connectivity index is 2.01. The summed E-state index contributed by atoms with van der Waals surface area (Å²) in [7, 11) is -1.83. The molecule has 0 bridgehead atoms. The molecule has 1 N–H and O–H groups in total. The summed E-state index contributed by atoms with van der Waals surface area (Å²) in [6.07, 6.45) is 2.98. The molecule has 2 aromatic carbocycles. The summed E-state index contributed by atoms with van der Waals surface area (Å²) in [6.45, 7) is 1.88. The quantitative estimate of drug-likeness (QED) is 0.310. The van der Waals surface area contributed by atoms with E-state index in [-0.39, 0.29) is 10.1 Å². The Bertz CT molecular complexity index is 1290. The number of nitrogens with zero attached hydrogens (tertiary/aromatic N) is 3. The van der Waals surface area contributed by atoms with Gasteiger partial charge in [0.1, 0.15) is 5.69 Å². The predicted octanol–water partition coefficient (Wildman–Crippen LogP) is 4.81. The molecule has 0 saturated carbocycles. The highest BCUT2D eigenvalue weighted by Gasteiger charge is 2.15. The Labute approximate surface area is 202 Å². The molecule has 6 nitrogen and oxygen atoms in total. The lowest BCUT2D eigenvalue weighted by Crippen LogP contribution is -2.19. The van der Waals surface area contributed by atoms with E-state index in [1.54, 1.807) is 36.4 Å². The van der Waals surface area contributed by atoms with Gasteiger partial charge in [-0.25, -0.2) is 13.5 Å². The fourth-order valence-electron chi connectivity index (χ4n) is 2.76. The van der Waals surface area contributed by atoms with Crippen LogP contribution in [0.15, 0.2) is 59.6 Å². The maximum absolute atomic E-state index is 11.8. The molecule has 0 aliphatic heterocycles. The molecule has 1 atom stereocenters. The number of sulfone groups is 1. The minimum absolute atomic E-state index is 0.169. The fraction of sp³-hybridized carbons (Fsp3) is 0.182. The number of hydrogen-bond acceptors (Lipinski definition) is 6. The third kappa shape index (κ3) is 6.12. The van der Waals surface area contributed by atoms with Gasteiger partial charge in [-0.3, -0.25) is 5.21 Å². The lowest BCUT2D eigenvalue weighted by atomic mass is 10.0. The second-order valence-corrected chi connectivity index (χ2v) is 11.4. The van der Waals surface area contributed by atoms with Crippen LogP contribution in [0.2, 0.25) is 5.02 Å². The van der Waals surface area contributed by atoms with Crippen molar-refractivity contribution in [1.82, 2.24) is 14.8 Å². The molecule has 0 amide bonds. The Morgan fingerprint density at radius 3 is 2.34 bits per heavy atom. The highest BCUT2D eigenvalue weighted by molar-refractivity contribution is 8.23. The van der Waals surface area contributed by atoms with E-state index in [1.165, 1.54) is 29.7 Å². The van der Waals surface area contributed by atoms with Gasteiger partial charge in [-0.15, -0.1) is 0 Å². The normalized spacial score (nSPS) is 12.0. The van der Waals surface area contributed by atoms with E-state index in [0.29, 0.717) is 15.0 Å². The van der Waals surface area contributed by atoms with E-state index in [0.717, 1.165) is 21.8 Å². The van der Waals surface area contributed by atoms with Crippen molar-refractivity contribution in [3.63, 3.8) is 0 Å². The summed E-state index contributed by atoms with van der Waals surface area (Å²) in [6, 6.07) is 16.9. The predicted molar refractivity (Wildman–Crippen MR) is 134 cm³/mol. The molecule has 1 heterocycles. The zero-order chi connectivity index (χ0) is 23.5. The Hall–Kier alpha value is -2.35. The highest BCUT2D eigenvalue weighted by Crippen LogP contribution is 2.32. The van der Waals surface area contributed by atoms with Gasteiger partial charge in [-0.2, -0.15) is 9.78 Å². The van der Waals surface area contributed by atoms with Crippen molar-refractivity contribution in [2.45, 2.75) is 17.1 Å². The van der Waals surface area contributed by atoms with E-state index in [9.17, 15) is 13.6 Å². The van der Waals surface area contributed by atoms with E-state index in [1.807, 2.05) is 25.3 Å². The van der Waals surface area contributed by atoms with Crippen LogP contribution in [0.5, 0.6) is 0 Å². The van der Waals surface area contributed by atoms with Crippen molar-refractivity contribution in [3.8, 4) is 34.3 Å². The van der Waals surface area contributed by atoms with Gasteiger partial charge in [0.25, 0.3) is 0 Å². The highest BCUT2D eigenvalue weighted by atomic mass is 35.5. The SMILES string of the molecule is CC(C#Cn1cc(-c2ccc(Cl)cc2)c(-c2ccc(S(C)(=O)=O)cc2)n1)SC(=S)N(C)O. The zero-order valence-corrected chi connectivity index (χ0v) is 20.7. The van der Waals surface area contributed by atoms with E-state index >= 15 is 0 Å². The Morgan fingerprint density at radius 2 is 1.78 bits per heavy atom. The standard InChI is InChI=1S/C22H20ClN3O3S3/c1-15(31-22(30)25(2)27)12-13-26-14-20(16-4-8-18(23)9-5-16)21(24-26)17-6-10-19(11-7-17)32(3,28)29/h4-11,14-15,27H,1-3H3. The molecule has 0 aliphatic rings. The van der Waals surface area contributed by atoms with Crippen LogP contribution < -0.4 is 0 Å². The van der Waals surface area contributed by atoms with Crippen molar-refractivity contribution in [2.24, 2.45) is 0 Å². The van der Waals surface area contributed by atoms with E-state index in [2.05, 4.69) is 17.1 Å². The fourth-order valence-corrected chi connectivity index (χ4v) is 4.52. The molecular formula is C22H20ClN3O3S3. The molecule has 0 saturated heterocycles. The first-order valence-electron chi connectivity index (χ1n) is 9.35. The summed E-state index contributed by atoms with van der Waals surface area (Å²) in [5.41, 5.74) is 3.14.